The van der Waals surface area contributed by atoms with E-state index in [0.717, 1.165) is 12.0 Å². The maximum Gasteiger partial charge on any atom is 0.246 e. The number of amides is 2. The molecule has 1 aromatic heterocycles. The van der Waals surface area contributed by atoms with Crippen LogP contribution in [0.5, 0.6) is 0 Å². The van der Waals surface area contributed by atoms with Crippen LogP contribution in [-0.4, -0.2) is 49.0 Å². The van der Waals surface area contributed by atoms with Gasteiger partial charge in [0.05, 0.1) is 0 Å². The maximum atomic E-state index is 12.8. The van der Waals surface area contributed by atoms with Crippen LogP contribution in [0.4, 0.5) is 0 Å². The lowest BCUT2D eigenvalue weighted by Crippen LogP contribution is -2.38. The van der Waals surface area contributed by atoms with E-state index in [9.17, 15) is 9.59 Å². The number of carbonyl (C=O) groups excluding carboxylic acids is 2. The van der Waals surface area contributed by atoms with Crippen molar-refractivity contribution in [3.8, 4) is 0 Å². The van der Waals surface area contributed by atoms with Gasteiger partial charge in [0.25, 0.3) is 0 Å². The van der Waals surface area contributed by atoms with Gasteiger partial charge in [-0.3, -0.25) is 14.6 Å². The van der Waals surface area contributed by atoms with Crippen LogP contribution in [0, 0.1) is 23.7 Å². The zero-order valence-corrected chi connectivity index (χ0v) is 18.4. The lowest BCUT2D eigenvalue weighted by Gasteiger charge is -2.37. The first-order chi connectivity index (χ1) is 13.8. The molecule has 1 heterocycles. The molecule has 2 rings (SSSR count). The van der Waals surface area contributed by atoms with Gasteiger partial charge < -0.3 is 15.0 Å². The van der Waals surface area contributed by atoms with Gasteiger partial charge in [-0.15, -0.1) is 0 Å². The predicted molar refractivity (Wildman–Crippen MR) is 114 cm³/mol. The lowest BCUT2D eigenvalue weighted by molar-refractivity contribution is -0.131. The standard InChI is InChI=1S/C23H35N3O3/c1-16(2)21-10-19(17(3)9-20(21)13-25-22(27)15-29-5)11-23(28)26(4)14-18-7-6-8-24-12-18/h6-9,12,16,19-21H,10-11,13-15H2,1-5H3,(H,25,27)/t19-,20-,21-/m0/s1. The van der Waals surface area contributed by atoms with Crippen molar-refractivity contribution in [2.24, 2.45) is 23.7 Å². The summed E-state index contributed by atoms with van der Waals surface area (Å²) in [5.41, 5.74) is 2.28. The Morgan fingerprint density at radius 3 is 2.76 bits per heavy atom. The highest BCUT2D eigenvalue weighted by Gasteiger charge is 2.33. The molecule has 29 heavy (non-hydrogen) atoms. The van der Waals surface area contributed by atoms with Crippen LogP contribution in [-0.2, 0) is 20.9 Å². The maximum absolute atomic E-state index is 12.8. The van der Waals surface area contributed by atoms with Crippen molar-refractivity contribution in [2.45, 2.75) is 40.2 Å². The van der Waals surface area contributed by atoms with Crippen LogP contribution < -0.4 is 5.32 Å². The molecule has 1 N–H and O–H groups in total. The Hall–Kier alpha value is -2.21. The zero-order valence-electron chi connectivity index (χ0n) is 18.4. The second-order valence-corrected chi connectivity index (χ2v) is 8.47. The highest BCUT2D eigenvalue weighted by atomic mass is 16.5. The van der Waals surface area contributed by atoms with Crippen LogP contribution >= 0.6 is 0 Å². The van der Waals surface area contributed by atoms with E-state index >= 15 is 0 Å². The highest BCUT2D eigenvalue weighted by molar-refractivity contribution is 5.77. The number of nitrogens with zero attached hydrogens (tertiary/aromatic N) is 2. The van der Waals surface area contributed by atoms with Gasteiger partial charge >= 0.3 is 0 Å². The lowest BCUT2D eigenvalue weighted by atomic mass is 9.69. The number of methoxy groups -OCH3 is 1. The molecule has 0 spiro atoms. The largest absolute Gasteiger partial charge is 0.375 e. The van der Waals surface area contributed by atoms with E-state index in [1.54, 1.807) is 17.3 Å². The van der Waals surface area contributed by atoms with Gasteiger partial charge in [-0.2, -0.15) is 0 Å². The summed E-state index contributed by atoms with van der Waals surface area (Å²) in [6.07, 6.45) is 7.29. The third-order valence-electron chi connectivity index (χ3n) is 5.88. The van der Waals surface area contributed by atoms with Gasteiger partial charge in [0.15, 0.2) is 0 Å². The number of hydrogen-bond acceptors (Lipinski definition) is 4. The Morgan fingerprint density at radius 2 is 2.14 bits per heavy atom. The van der Waals surface area contributed by atoms with Gasteiger partial charge in [-0.05, 0) is 48.6 Å². The number of rotatable bonds is 9. The second-order valence-electron chi connectivity index (χ2n) is 8.47. The minimum atomic E-state index is -0.0876. The summed E-state index contributed by atoms with van der Waals surface area (Å²) < 4.78 is 4.89. The van der Waals surface area contributed by atoms with E-state index in [1.165, 1.54) is 12.7 Å². The molecule has 3 atom stereocenters. The number of carbonyl (C=O) groups is 2. The van der Waals surface area contributed by atoms with Crippen LogP contribution in [0.15, 0.2) is 36.2 Å². The average Bonchev–Trinajstić information content (AvgIpc) is 2.68. The molecule has 0 radical (unpaired) electrons. The van der Waals surface area contributed by atoms with Crippen LogP contribution in [0.3, 0.4) is 0 Å². The van der Waals surface area contributed by atoms with Crippen molar-refractivity contribution < 1.29 is 14.3 Å². The Labute approximate surface area is 174 Å². The van der Waals surface area contributed by atoms with Crippen molar-refractivity contribution in [2.75, 3.05) is 27.3 Å². The topological polar surface area (TPSA) is 71.5 Å². The molecule has 0 aromatic carbocycles. The summed E-state index contributed by atoms with van der Waals surface area (Å²) in [6.45, 7) is 7.82. The van der Waals surface area contributed by atoms with E-state index in [0.29, 0.717) is 31.3 Å². The third-order valence-corrected chi connectivity index (χ3v) is 5.88. The number of ether oxygens (including phenoxy) is 1. The molecule has 0 aliphatic heterocycles. The smallest absolute Gasteiger partial charge is 0.246 e. The number of aromatic nitrogens is 1. The number of pyridine rings is 1. The Balaban J connectivity index is 1.99. The molecule has 0 saturated heterocycles. The van der Waals surface area contributed by atoms with E-state index in [2.05, 4.69) is 37.1 Å². The van der Waals surface area contributed by atoms with Crippen LogP contribution in [0.1, 0.15) is 39.2 Å². The molecule has 6 nitrogen and oxygen atoms in total. The fourth-order valence-corrected chi connectivity index (χ4v) is 4.14. The number of hydrogen-bond donors (Lipinski definition) is 1. The first-order valence-electron chi connectivity index (χ1n) is 10.4. The van der Waals surface area contributed by atoms with Crippen molar-refractivity contribution in [3.05, 3.63) is 41.7 Å². The molecular weight excluding hydrogens is 366 g/mol. The van der Waals surface area contributed by atoms with Gasteiger partial charge in [0.2, 0.25) is 11.8 Å². The van der Waals surface area contributed by atoms with E-state index in [4.69, 9.17) is 4.74 Å². The average molecular weight is 402 g/mol. The monoisotopic (exact) mass is 401 g/mol. The molecule has 0 saturated carbocycles. The molecule has 1 aromatic rings. The Bertz CT molecular complexity index is 703. The Kier molecular flexibility index (Phi) is 8.83. The first kappa shape index (κ1) is 23.1. The van der Waals surface area contributed by atoms with Crippen molar-refractivity contribution >= 4 is 11.8 Å². The molecule has 1 aliphatic rings. The summed E-state index contributed by atoms with van der Waals surface area (Å²) in [5, 5.41) is 2.97. The van der Waals surface area contributed by atoms with Gasteiger partial charge in [-0.25, -0.2) is 0 Å². The molecule has 0 fully saturated rings. The van der Waals surface area contributed by atoms with E-state index < -0.39 is 0 Å². The molecule has 1 aliphatic carbocycles. The molecule has 6 heteroatoms. The van der Waals surface area contributed by atoms with Crippen molar-refractivity contribution in [1.29, 1.82) is 0 Å². The second kappa shape index (κ2) is 11.1. The molecule has 2 amide bonds. The summed E-state index contributed by atoms with van der Waals surface area (Å²) in [5.74, 6) is 1.51. The third kappa shape index (κ3) is 6.96. The number of allylic oxidation sites excluding steroid dienone is 1. The summed E-state index contributed by atoms with van der Waals surface area (Å²) >= 11 is 0. The normalized spacial score (nSPS) is 21.6. The molecule has 160 valence electrons. The molecule has 0 bridgehead atoms. The van der Waals surface area contributed by atoms with Crippen LogP contribution in [0.2, 0.25) is 0 Å². The fourth-order valence-electron chi connectivity index (χ4n) is 4.14. The summed E-state index contributed by atoms with van der Waals surface area (Å²) in [6, 6.07) is 3.88. The van der Waals surface area contributed by atoms with E-state index in [1.807, 2.05) is 19.2 Å². The predicted octanol–water partition coefficient (Wildman–Crippen LogP) is 3.05. The summed E-state index contributed by atoms with van der Waals surface area (Å²) in [7, 11) is 3.37. The minimum absolute atomic E-state index is 0.0855. The van der Waals surface area contributed by atoms with Gasteiger partial charge in [0.1, 0.15) is 6.61 Å². The van der Waals surface area contributed by atoms with Crippen molar-refractivity contribution in [3.63, 3.8) is 0 Å². The first-order valence-corrected chi connectivity index (χ1v) is 10.4. The molecular formula is C23H35N3O3. The van der Waals surface area contributed by atoms with Gasteiger partial charge in [-0.1, -0.05) is 31.6 Å². The number of nitrogens with one attached hydrogen (secondary N) is 1. The SMILES string of the molecule is COCC(=O)NC[C@@H]1C=C(C)[C@H](CC(=O)N(C)Cc2cccnc2)C[C@H]1C(C)C. The van der Waals surface area contributed by atoms with E-state index in [-0.39, 0.29) is 30.3 Å². The minimum Gasteiger partial charge on any atom is -0.375 e. The zero-order chi connectivity index (χ0) is 21.4. The van der Waals surface area contributed by atoms with Crippen molar-refractivity contribution in [1.82, 2.24) is 15.2 Å². The molecule has 0 unspecified atom stereocenters. The quantitative estimate of drug-likeness (QED) is 0.646. The fraction of sp³-hybridized carbons (Fsp3) is 0.609. The van der Waals surface area contributed by atoms with Gasteiger partial charge in [0, 0.05) is 46.1 Å². The highest BCUT2D eigenvalue weighted by Crippen LogP contribution is 2.39. The Morgan fingerprint density at radius 1 is 1.38 bits per heavy atom. The van der Waals surface area contributed by atoms with Crippen LogP contribution in [0.25, 0.3) is 0 Å². The summed E-state index contributed by atoms with van der Waals surface area (Å²) in [4.78, 5) is 30.5.